The molecule has 2 amide bonds. The molecule has 2 aromatic heterocycles. The van der Waals surface area contributed by atoms with Gasteiger partial charge in [-0.3, -0.25) is 14.9 Å². The lowest BCUT2D eigenvalue weighted by Crippen LogP contribution is -2.27. The molecule has 2 heterocycles. The molecule has 0 bridgehead atoms. The number of nitrogens with one attached hydrogen (secondary N) is 2. The van der Waals surface area contributed by atoms with Gasteiger partial charge in [-0.25, -0.2) is 0 Å². The highest BCUT2D eigenvalue weighted by molar-refractivity contribution is 8.01. The number of rotatable bonds is 7. The van der Waals surface area contributed by atoms with E-state index in [4.69, 9.17) is 0 Å². The van der Waals surface area contributed by atoms with Gasteiger partial charge >= 0.3 is 0 Å². The fourth-order valence-corrected chi connectivity index (χ4v) is 4.54. The predicted octanol–water partition coefficient (Wildman–Crippen LogP) is 3.22. The van der Waals surface area contributed by atoms with Gasteiger partial charge in [-0.15, -0.1) is 20.4 Å². The summed E-state index contributed by atoms with van der Waals surface area (Å²) in [6.07, 6.45) is 0. The molecule has 0 aliphatic heterocycles. The molecule has 0 aliphatic rings. The van der Waals surface area contributed by atoms with Crippen LogP contribution < -0.4 is 10.6 Å². The van der Waals surface area contributed by atoms with Crippen molar-refractivity contribution < 1.29 is 9.59 Å². The Morgan fingerprint density at radius 1 is 0.960 bits per heavy atom. The number of hydrogen-bond acceptors (Lipinski definition) is 10. The van der Waals surface area contributed by atoms with Crippen LogP contribution >= 0.6 is 46.2 Å². The third-order valence-electron chi connectivity index (χ3n) is 2.56. The van der Waals surface area contributed by atoms with Crippen LogP contribution in [0.2, 0.25) is 0 Å². The van der Waals surface area contributed by atoms with Crippen LogP contribution in [0.1, 0.15) is 27.7 Å². The van der Waals surface area contributed by atoms with Crippen molar-refractivity contribution in [3.05, 3.63) is 0 Å². The molecule has 8 nitrogen and oxygen atoms in total. The molecule has 2 N–H and O–H groups in total. The predicted molar refractivity (Wildman–Crippen MR) is 104 cm³/mol. The molecule has 12 heteroatoms. The van der Waals surface area contributed by atoms with Crippen LogP contribution in [0.25, 0.3) is 0 Å². The highest BCUT2D eigenvalue weighted by Crippen LogP contribution is 2.28. The van der Waals surface area contributed by atoms with Crippen molar-refractivity contribution in [2.45, 2.75) is 36.4 Å². The molecule has 2 aromatic rings. The van der Waals surface area contributed by atoms with Crippen molar-refractivity contribution in [1.82, 2.24) is 20.4 Å². The molecular formula is C13H18N6O2S4. The van der Waals surface area contributed by atoms with Crippen molar-refractivity contribution >= 4 is 68.3 Å². The maximum absolute atomic E-state index is 12.0. The molecule has 0 radical (unpaired) electrons. The van der Waals surface area contributed by atoms with E-state index in [2.05, 4.69) is 31.0 Å². The molecule has 0 fully saturated rings. The lowest BCUT2D eigenvalue weighted by Gasteiger charge is -2.15. The lowest BCUT2D eigenvalue weighted by molar-refractivity contribution is -0.123. The summed E-state index contributed by atoms with van der Waals surface area (Å²) in [7, 11) is 0. The molecule has 136 valence electrons. The maximum atomic E-state index is 12.0. The van der Waals surface area contributed by atoms with Gasteiger partial charge in [0.1, 0.15) is 0 Å². The van der Waals surface area contributed by atoms with Crippen molar-refractivity contribution in [1.29, 1.82) is 0 Å². The Morgan fingerprint density at radius 3 is 2.08 bits per heavy atom. The van der Waals surface area contributed by atoms with Gasteiger partial charge < -0.3 is 5.32 Å². The molecular weight excluding hydrogens is 400 g/mol. The summed E-state index contributed by atoms with van der Waals surface area (Å²) in [5.41, 5.74) is -0.504. The van der Waals surface area contributed by atoms with E-state index in [-0.39, 0.29) is 17.6 Å². The van der Waals surface area contributed by atoms with E-state index in [0.29, 0.717) is 14.6 Å². The average Bonchev–Trinajstić information content (AvgIpc) is 3.14. The number of thioether (sulfide) groups is 2. The van der Waals surface area contributed by atoms with Crippen LogP contribution in [0.3, 0.4) is 0 Å². The quantitative estimate of drug-likeness (QED) is 0.521. The molecule has 0 aliphatic carbocycles. The topological polar surface area (TPSA) is 110 Å². The van der Waals surface area contributed by atoms with E-state index >= 15 is 0 Å². The third kappa shape index (κ3) is 6.53. The van der Waals surface area contributed by atoms with E-state index in [9.17, 15) is 9.59 Å². The zero-order valence-corrected chi connectivity index (χ0v) is 17.4. The normalized spacial score (nSPS) is 11.4. The summed E-state index contributed by atoms with van der Waals surface area (Å²) in [5, 5.41) is 22.1. The first-order valence-electron chi connectivity index (χ1n) is 7.32. The van der Waals surface area contributed by atoms with E-state index in [1.165, 1.54) is 34.4 Å². The first-order valence-corrected chi connectivity index (χ1v) is 10.9. The second-order valence-corrected chi connectivity index (χ2v) is 10.4. The maximum Gasteiger partial charge on any atom is 0.236 e. The SMILES string of the molecule is CCSc1nnc(NC(=O)CSc2nnc(NC(=O)C(C)(C)C)s2)s1. The third-order valence-corrected chi connectivity index (χ3v) is 6.38. The second kappa shape index (κ2) is 8.92. The fourth-order valence-electron chi connectivity index (χ4n) is 1.33. The van der Waals surface area contributed by atoms with Crippen molar-refractivity contribution in [2.75, 3.05) is 22.1 Å². The van der Waals surface area contributed by atoms with Gasteiger partial charge in [0.15, 0.2) is 8.68 Å². The number of carbonyl (C=O) groups is 2. The zero-order valence-electron chi connectivity index (χ0n) is 14.2. The summed E-state index contributed by atoms with van der Waals surface area (Å²) in [6.45, 7) is 7.49. The zero-order chi connectivity index (χ0) is 18.4. The Labute approximate surface area is 162 Å². The Hall–Kier alpha value is -1.24. The van der Waals surface area contributed by atoms with Gasteiger partial charge in [0.25, 0.3) is 0 Å². The highest BCUT2D eigenvalue weighted by atomic mass is 32.2. The van der Waals surface area contributed by atoms with Crippen LogP contribution in [-0.2, 0) is 9.59 Å². The molecule has 2 rings (SSSR count). The van der Waals surface area contributed by atoms with Gasteiger partial charge in [-0.2, -0.15) is 0 Å². The summed E-state index contributed by atoms with van der Waals surface area (Å²) < 4.78 is 1.44. The van der Waals surface area contributed by atoms with Gasteiger partial charge in [0, 0.05) is 5.41 Å². The minimum Gasteiger partial charge on any atom is -0.300 e. The smallest absolute Gasteiger partial charge is 0.236 e. The lowest BCUT2D eigenvalue weighted by atomic mass is 9.96. The number of aromatic nitrogens is 4. The van der Waals surface area contributed by atoms with Gasteiger partial charge in [-0.1, -0.05) is 73.9 Å². The Morgan fingerprint density at radius 2 is 1.52 bits per heavy atom. The molecule has 0 atom stereocenters. The Bertz CT molecular complexity index is 739. The number of hydrogen-bond donors (Lipinski definition) is 2. The van der Waals surface area contributed by atoms with Crippen LogP contribution in [0.4, 0.5) is 10.3 Å². The average molecular weight is 419 g/mol. The second-order valence-electron chi connectivity index (χ2n) is 5.72. The molecule has 25 heavy (non-hydrogen) atoms. The molecule has 0 saturated carbocycles. The van der Waals surface area contributed by atoms with Crippen molar-refractivity contribution in [2.24, 2.45) is 5.41 Å². The summed E-state index contributed by atoms with van der Waals surface area (Å²) >= 11 is 5.42. The number of carbonyl (C=O) groups excluding carboxylic acids is 2. The minimum absolute atomic E-state index is 0.130. The van der Waals surface area contributed by atoms with E-state index in [1.54, 1.807) is 11.8 Å². The van der Waals surface area contributed by atoms with E-state index in [0.717, 1.165) is 10.1 Å². The number of nitrogens with zero attached hydrogens (tertiary/aromatic N) is 4. The Kier molecular flexibility index (Phi) is 7.16. The first-order chi connectivity index (χ1) is 11.8. The molecule has 0 unspecified atom stereocenters. The molecule has 0 aromatic carbocycles. The van der Waals surface area contributed by atoms with Crippen LogP contribution in [0.15, 0.2) is 8.68 Å². The minimum atomic E-state index is -0.504. The monoisotopic (exact) mass is 418 g/mol. The summed E-state index contributed by atoms with van der Waals surface area (Å²) in [6, 6.07) is 0. The van der Waals surface area contributed by atoms with E-state index < -0.39 is 5.41 Å². The number of amides is 2. The van der Waals surface area contributed by atoms with Crippen LogP contribution in [0, 0.1) is 5.41 Å². The van der Waals surface area contributed by atoms with Crippen LogP contribution in [-0.4, -0.2) is 43.7 Å². The Balaban J connectivity index is 1.80. The fraction of sp³-hybridized carbons (Fsp3) is 0.538. The summed E-state index contributed by atoms with van der Waals surface area (Å²) in [4.78, 5) is 23.9. The van der Waals surface area contributed by atoms with Gasteiger partial charge in [-0.05, 0) is 5.75 Å². The van der Waals surface area contributed by atoms with Crippen molar-refractivity contribution in [3.8, 4) is 0 Å². The van der Waals surface area contributed by atoms with Gasteiger partial charge in [0.2, 0.25) is 22.1 Å². The largest absolute Gasteiger partial charge is 0.300 e. The first kappa shape index (κ1) is 20.1. The molecule has 0 spiro atoms. The number of anilines is 2. The standard InChI is InChI=1S/C13H18N6O2S4/c1-5-22-11-18-16-9(24-11)14-7(20)6-23-12-19-17-10(25-12)15-8(21)13(2,3)4/h5-6H2,1-4H3,(H,14,16,20)(H,15,17,21). The highest BCUT2D eigenvalue weighted by Gasteiger charge is 2.22. The van der Waals surface area contributed by atoms with Gasteiger partial charge in [0.05, 0.1) is 5.75 Å². The molecule has 0 saturated heterocycles. The summed E-state index contributed by atoms with van der Waals surface area (Å²) in [5.74, 6) is 0.765. The van der Waals surface area contributed by atoms with Crippen LogP contribution in [0.5, 0.6) is 0 Å². The van der Waals surface area contributed by atoms with Crippen molar-refractivity contribution in [3.63, 3.8) is 0 Å². The van der Waals surface area contributed by atoms with E-state index in [1.807, 2.05) is 27.7 Å².